The zero-order chi connectivity index (χ0) is 20.1. The summed E-state index contributed by atoms with van der Waals surface area (Å²) in [5.74, 6) is 1.10. The lowest BCUT2D eigenvalue weighted by atomic mass is 9.85. The molecule has 10 heteroatoms. The number of rotatable bonds is 3. The van der Waals surface area contributed by atoms with Crippen LogP contribution in [0.15, 0.2) is 30.9 Å². The van der Waals surface area contributed by atoms with E-state index in [1.807, 2.05) is 6.92 Å². The average molecular weight is 391 g/mol. The fraction of sp³-hybridized carbons (Fsp3) is 0.211. The number of nitrogens with zero attached hydrogens (tertiary/aromatic N) is 5. The number of aryl methyl sites for hydroxylation is 1. The molecule has 0 aliphatic carbocycles. The Balaban J connectivity index is 1.70. The van der Waals surface area contributed by atoms with Gasteiger partial charge in [-0.2, -0.15) is 9.78 Å². The van der Waals surface area contributed by atoms with Gasteiger partial charge in [0.15, 0.2) is 23.0 Å². The monoisotopic (exact) mass is 391 g/mol. The third kappa shape index (κ3) is 2.60. The number of ether oxygens (including phenoxy) is 1. The second-order valence-corrected chi connectivity index (χ2v) is 6.79. The maximum atomic E-state index is 12.6. The minimum absolute atomic E-state index is 0.0479. The molecule has 1 atom stereocenters. The van der Waals surface area contributed by atoms with Crippen molar-refractivity contribution in [1.82, 2.24) is 29.7 Å². The number of hydrogen-bond donors (Lipinski definition) is 3. The van der Waals surface area contributed by atoms with Crippen molar-refractivity contribution in [2.24, 2.45) is 0 Å². The van der Waals surface area contributed by atoms with Gasteiger partial charge in [0.1, 0.15) is 17.7 Å². The molecule has 1 aliphatic rings. The van der Waals surface area contributed by atoms with Crippen LogP contribution in [0.1, 0.15) is 29.2 Å². The molecule has 4 aromatic rings. The summed E-state index contributed by atoms with van der Waals surface area (Å²) in [7, 11) is 1.49. The second kappa shape index (κ2) is 6.30. The predicted molar refractivity (Wildman–Crippen MR) is 103 cm³/mol. The number of imidazole rings is 1. The van der Waals surface area contributed by atoms with Gasteiger partial charge in [-0.3, -0.25) is 4.79 Å². The number of aromatic hydroxyl groups is 1. The first-order valence-corrected chi connectivity index (χ1v) is 8.97. The maximum Gasteiger partial charge on any atom is 0.226 e. The number of anilines is 1. The van der Waals surface area contributed by atoms with Crippen LogP contribution in [0, 0.1) is 6.92 Å². The predicted octanol–water partition coefficient (Wildman–Crippen LogP) is 2.04. The van der Waals surface area contributed by atoms with E-state index in [1.54, 1.807) is 22.9 Å². The fourth-order valence-electron chi connectivity index (χ4n) is 3.81. The van der Waals surface area contributed by atoms with Crippen LogP contribution in [0.25, 0.3) is 17.0 Å². The zero-order valence-electron chi connectivity index (χ0n) is 15.7. The number of aromatic nitrogens is 6. The average Bonchev–Trinajstić information content (AvgIpc) is 3.32. The number of hydrogen-bond acceptors (Lipinski definition) is 7. The summed E-state index contributed by atoms with van der Waals surface area (Å²) in [5, 5.41) is 17.5. The fourth-order valence-corrected chi connectivity index (χ4v) is 3.81. The van der Waals surface area contributed by atoms with Crippen LogP contribution >= 0.6 is 0 Å². The first-order valence-electron chi connectivity index (χ1n) is 8.97. The van der Waals surface area contributed by atoms with Crippen molar-refractivity contribution >= 4 is 22.9 Å². The molecule has 1 amide bonds. The summed E-state index contributed by atoms with van der Waals surface area (Å²) in [6.45, 7) is 1.89. The number of carbonyl (C=O) groups excluding carboxylic acids is 1. The minimum atomic E-state index is -0.235. The minimum Gasteiger partial charge on any atom is -0.504 e. The molecule has 3 aromatic heterocycles. The highest BCUT2D eigenvalue weighted by molar-refractivity contribution is 5.95. The molecular formula is C19H17N7O3. The van der Waals surface area contributed by atoms with Crippen molar-refractivity contribution in [1.29, 1.82) is 0 Å². The van der Waals surface area contributed by atoms with Crippen molar-refractivity contribution in [3.8, 4) is 17.3 Å². The van der Waals surface area contributed by atoms with Gasteiger partial charge in [-0.15, -0.1) is 0 Å². The lowest BCUT2D eigenvalue weighted by molar-refractivity contribution is -0.116. The van der Waals surface area contributed by atoms with Crippen LogP contribution in [-0.2, 0) is 4.79 Å². The molecule has 5 rings (SSSR count). The van der Waals surface area contributed by atoms with Crippen LogP contribution in [0.2, 0.25) is 0 Å². The molecule has 0 spiro atoms. The van der Waals surface area contributed by atoms with E-state index in [9.17, 15) is 9.90 Å². The summed E-state index contributed by atoms with van der Waals surface area (Å²) < 4.78 is 6.84. The molecule has 0 bridgehead atoms. The van der Waals surface area contributed by atoms with Crippen LogP contribution in [0.5, 0.6) is 11.5 Å². The Bertz CT molecular complexity index is 1260. The van der Waals surface area contributed by atoms with Crippen LogP contribution in [0.3, 0.4) is 0 Å². The van der Waals surface area contributed by atoms with Crippen LogP contribution in [-0.4, -0.2) is 47.8 Å². The number of benzene rings is 1. The number of H-pyrrole nitrogens is 1. The molecule has 1 aromatic carbocycles. The smallest absolute Gasteiger partial charge is 0.226 e. The summed E-state index contributed by atoms with van der Waals surface area (Å²) >= 11 is 0. The van der Waals surface area contributed by atoms with Crippen molar-refractivity contribution in [3.05, 3.63) is 47.7 Å². The molecule has 0 fully saturated rings. The molecule has 10 nitrogen and oxygen atoms in total. The van der Waals surface area contributed by atoms with Gasteiger partial charge in [-0.1, -0.05) is 6.07 Å². The Hall–Kier alpha value is -3.95. The number of phenols is 1. The number of carbonyl (C=O) groups is 1. The quantitative estimate of drug-likeness (QED) is 0.487. The largest absolute Gasteiger partial charge is 0.504 e. The van der Waals surface area contributed by atoms with E-state index in [0.29, 0.717) is 28.5 Å². The molecule has 0 saturated carbocycles. The van der Waals surface area contributed by atoms with Gasteiger partial charge in [0.2, 0.25) is 5.91 Å². The Morgan fingerprint density at radius 1 is 1.28 bits per heavy atom. The maximum absolute atomic E-state index is 12.6. The number of fused-ring (bicyclic) bond motifs is 2. The molecule has 1 aliphatic heterocycles. The van der Waals surface area contributed by atoms with E-state index >= 15 is 0 Å². The third-order valence-electron chi connectivity index (χ3n) is 5.11. The van der Waals surface area contributed by atoms with Gasteiger partial charge in [-0.25, -0.2) is 15.0 Å². The van der Waals surface area contributed by atoms with Gasteiger partial charge >= 0.3 is 0 Å². The number of nitrogens with one attached hydrogen (secondary N) is 2. The van der Waals surface area contributed by atoms with Gasteiger partial charge < -0.3 is 20.1 Å². The Morgan fingerprint density at radius 3 is 2.97 bits per heavy atom. The number of methoxy groups -OCH3 is 1. The van der Waals surface area contributed by atoms with E-state index < -0.39 is 0 Å². The zero-order valence-corrected chi connectivity index (χ0v) is 15.7. The second-order valence-electron chi connectivity index (χ2n) is 6.79. The van der Waals surface area contributed by atoms with Crippen molar-refractivity contribution in [2.75, 3.05) is 12.4 Å². The van der Waals surface area contributed by atoms with Gasteiger partial charge in [0.25, 0.3) is 0 Å². The first-order chi connectivity index (χ1) is 14.1. The van der Waals surface area contributed by atoms with Crippen molar-refractivity contribution in [2.45, 2.75) is 19.3 Å². The summed E-state index contributed by atoms with van der Waals surface area (Å²) in [6.07, 6.45) is 3.21. The SMILES string of the molecule is COc1cc([C@H]2CC(=O)Nc3c2c(C)nn3-c2ncnc3nc[nH]c23)ccc1O. The Kier molecular flexibility index (Phi) is 3.73. The van der Waals surface area contributed by atoms with Crippen LogP contribution in [0.4, 0.5) is 5.82 Å². The van der Waals surface area contributed by atoms with E-state index in [1.165, 1.54) is 19.8 Å². The highest BCUT2D eigenvalue weighted by Crippen LogP contribution is 2.42. The summed E-state index contributed by atoms with van der Waals surface area (Å²) in [6, 6.07) is 5.11. The topological polar surface area (TPSA) is 131 Å². The number of phenolic OH excluding ortho intramolecular Hbond substituents is 1. The van der Waals surface area contributed by atoms with E-state index in [2.05, 4.69) is 30.4 Å². The van der Waals surface area contributed by atoms with Gasteiger partial charge in [0, 0.05) is 17.9 Å². The molecule has 29 heavy (non-hydrogen) atoms. The third-order valence-corrected chi connectivity index (χ3v) is 5.11. The van der Waals surface area contributed by atoms with E-state index in [0.717, 1.165) is 16.8 Å². The molecule has 0 radical (unpaired) electrons. The molecule has 4 heterocycles. The van der Waals surface area contributed by atoms with Crippen molar-refractivity contribution < 1.29 is 14.6 Å². The first kappa shape index (κ1) is 17.2. The van der Waals surface area contributed by atoms with E-state index in [4.69, 9.17) is 4.74 Å². The Morgan fingerprint density at radius 2 is 2.14 bits per heavy atom. The van der Waals surface area contributed by atoms with Crippen molar-refractivity contribution in [3.63, 3.8) is 0 Å². The lowest BCUT2D eigenvalue weighted by Crippen LogP contribution is -2.25. The molecule has 0 unspecified atom stereocenters. The highest BCUT2D eigenvalue weighted by atomic mass is 16.5. The number of amides is 1. The highest BCUT2D eigenvalue weighted by Gasteiger charge is 2.33. The van der Waals surface area contributed by atoms with Gasteiger partial charge in [0.05, 0.1) is 19.1 Å². The summed E-state index contributed by atoms with van der Waals surface area (Å²) in [5.41, 5.74) is 3.65. The summed E-state index contributed by atoms with van der Waals surface area (Å²) in [4.78, 5) is 28.2. The van der Waals surface area contributed by atoms with Gasteiger partial charge in [-0.05, 0) is 24.6 Å². The molecular weight excluding hydrogens is 374 g/mol. The van der Waals surface area contributed by atoms with Crippen LogP contribution < -0.4 is 10.1 Å². The molecule has 146 valence electrons. The normalized spacial score (nSPS) is 15.9. The standard InChI is InChI=1S/C19H17N7O3/c1-9-15-11(10-3-4-12(27)13(5-10)29-2)6-14(28)24-18(15)26(25-9)19-16-17(21-7-20-16)22-8-23-19/h3-5,7-8,11,27H,6H2,1-2H3,(H,24,28)(H,20,21,22,23)/t11-/m1/s1. The lowest BCUT2D eigenvalue weighted by Gasteiger charge is -2.24. The molecule has 0 saturated heterocycles. The number of aromatic amines is 1. The Labute approximate surface area is 164 Å². The van der Waals surface area contributed by atoms with E-state index in [-0.39, 0.29) is 24.0 Å². The molecule has 3 N–H and O–H groups in total.